The molecule has 8 heteroatoms. The van der Waals surface area contributed by atoms with Crippen molar-refractivity contribution < 1.29 is 29.3 Å². The van der Waals surface area contributed by atoms with Gasteiger partial charge in [0.15, 0.2) is 0 Å². The van der Waals surface area contributed by atoms with Gasteiger partial charge in [0.2, 0.25) is 0 Å². The summed E-state index contributed by atoms with van der Waals surface area (Å²) in [7, 11) is 1.54. The lowest BCUT2D eigenvalue weighted by Gasteiger charge is -2.29. The summed E-state index contributed by atoms with van der Waals surface area (Å²) in [5, 5.41) is 20.8. The molecule has 8 nitrogen and oxygen atoms in total. The molecule has 0 radical (unpaired) electrons. The number of morpholine rings is 1. The minimum atomic E-state index is -0.739. The number of carbonyl (C=O) groups excluding carboxylic acids is 2. The number of hydrogen-bond acceptors (Lipinski definition) is 7. The number of aliphatic hydroxyl groups excluding tert-OH is 1. The minimum absolute atomic E-state index is 0.0437. The van der Waals surface area contributed by atoms with Crippen molar-refractivity contribution in [3.8, 4) is 11.5 Å². The third-order valence-electron chi connectivity index (χ3n) is 6.09. The fourth-order valence-electron chi connectivity index (χ4n) is 4.31. The highest BCUT2D eigenvalue weighted by Crippen LogP contribution is 2.40. The summed E-state index contributed by atoms with van der Waals surface area (Å²) in [4.78, 5) is 29.9. The maximum absolute atomic E-state index is 13.1. The quantitative estimate of drug-likeness (QED) is 0.378. The number of aliphatic hydroxyl groups is 1. The number of phenols is 1. The molecule has 2 aromatic carbocycles. The number of aromatic hydroxyl groups is 1. The van der Waals surface area contributed by atoms with Crippen LogP contribution in [0, 0.1) is 0 Å². The molecular weight excluding hydrogens is 424 g/mol. The number of rotatable bonds is 7. The molecule has 0 spiro atoms. The molecule has 0 aliphatic carbocycles. The van der Waals surface area contributed by atoms with Gasteiger partial charge in [0.25, 0.3) is 11.7 Å². The Morgan fingerprint density at radius 3 is 2.33 bits per heavy atom. The van der Waals surface area contributed by atoms with Gasteiger partial charge in [-0.15, -0.1) is 0 Å². The van der Waals surface area contributed by atoms with E-state index in [1.165, 1.54) is 17.0 Å². The lowest BCUT2D eigenvalue weighted by Crippen LogP contribution is -2.38. The van der Waals surface area contributed by atoms with Crippen LogP contribution < -0.4 is 4.74 Å². The van der Waals surface area contributed by atoms with Crippen LogP contribution in [0.5, 0.6) is 11.5 Å². The highest BCUT2D eigenvalue weighted by Gasteiger charge is 2.45. The maximum atomic E-state index is 13.1. The van der Waals surface area contributed by atoms with E-state index < -0.39 is 17.7 Å². The predicted octanol–water partition coefficient (Wildman–Crippen LogP) is 2.54. The first-order valence-electron chi connectivity index (χ1n) is 11.0. The lowest BCUT2D eigenvalue weighted by molar-refractivity contribution is -0.140. The van der Waals surface area contributed by atoms with Crippen LogP contribution in [0.15, 0.2) is 54.1 Å². The predicted molar refractivity (Wildman–Crippen MR) is 122 cm³/mol. The van der Waals surface area contributed by atoms with Crippen molar-refractivity contribution in [3.63, 3.8) is 0 Å². The average molecular weight is 453 g/mol. The van der Waals surface area contributed by atoms with Crippen LogP contribution in [-0.2, 0) is 14.3 Å². The summed E-state index contributed by atoms with van der Waals surface area (Å²) in [6.45, 7) is 4.23. The molecule has 1 amide bonds. The first kappa shape index (κ1) is 22.8. The zero-order chi connectivity index (χ0) is 23.4. The molecule has 2 aliphatic heterocycles. The van der Waals surface area contributed by atoms with Gasteiger partial charge in [-0.1, -0.05) is 12.1 Å². The fraction of sp³-hybridized carbons (Fsp3) is 0.360. The van der Waals surface area contributed by atoms with Gasteiger partial charge in [-0.05, 0) is 48.4 Å². The molecule has 0 saturated carbocycles. The molecule has 2 fully saturated rings. The summed E-state index contributed by atoms with van der Waals surface area (Å²) in [5.41, 5.74) is 1.11. The zero-order valence-corrected chi connectivity index (χ0v) is 18.6. The Labute approximate surface area is 192 Å². The Hall–Kier alpha value is -3.36. The Morgan fingerprint density at radius 2 is 1.70 bits per heavy atom. The van der Waals surface area contributed by atoms with Crippen molar-refractivity contribution in [3.05, 3.63) is 65.2 Å². The summed E-state index contributed by atoms with van der Waals surface area (Å²) in [6, 6.07) is 12.3. The van der Waals surface area contributed by atoms with Crippen LogP contribution in [0.3, 0.4) is 0 Å². The molecule has 0 aromatic heterocycles. The van der Waals surface area contributed by atoms with Gasteiger partial charge >= 0.3 is 0 Å². The number of methoxy groups -OCH3 is 1. The Bertz CT molecular complexity index is 1030. The smallest absolute Gasteiger partial charge is 0.295 e. The van der Waals surface area contributed by atoms with Crippen molar-refractivity contribution in [1.29, 1.82) is 0 Å². The lowest BCUT2D eigenvalue weighted by atomic mass is 9.95. The van der Waals surface area contributed by atoms with E-state index in [2.05, 4.69) is 4.90 Å². The van der Waals surface area contributed by atoms with E-state index >= 15 is 0 Å². The number of amides is 1. The second-order valence-electron chi connectivity index (χ2n) is 8.12. The number of benzene rings is 2. The first-order chi connectivity index (χ1) is 16.0. The largest absolute Gasteiger partial charge is 0.508 e. The van der Waals surface area contributed by atoms with Crippen molar-refractivity contribution in [2.75, 3.05) is 46.5 Å². The van der Waals surface area contributed by atoms with Crippen LogP contribution >= 0.6 is 0 Å². The van der Waals surface area contributed by atoms with E-state index in [-0.39, 0.29) is 17.1 Å². The monoisotopic (exact) mass is 452 g/mol. The van der Waals surface area contributed by atoms with Gasteiger partial charge in [-0.3, -0.25) is 14.5 Å². The number of ketones is 1. The van der Waals surface area contributed by atoms with Crippen LogP contribution in [0.2, 0.25) is 0 Å². The number of carbonyl (C=O) groups is 2. The van der Waals surface area contributed by atoms with Crippen molar-refractivity contribution in [1.82, 2.24) is 9.80 Å². The molecule has 2 saturated heterocycles. The number of Topliss-reactive ketones (excluding diaryl/α,β-unsaturated/α-hetero) is 1. The van der Waals surface area contributed by atoms with E-state index in [4.69, 9.17) is 9.47 Å². The molecular formula is C25H28N2O6. The summed E-state index contributed by atoms with van der Waals surface area (Å²) in [5.74, 6) is -0.883. The summed E-state index contributed by atoms with van der Waals surface area (Å²) in [6.07, 6.45) is 0.685. The van der Waals surface area contributed by atoms with Gasteiger partial charge in [0.05, 0.1) is 31.9 Å². The number of nitrogens with zero attached hydrogens (tertiary/aromatic N) is 2. The highest BCUT2D eigenvalue weighted by atomic mass is 16.5. The standard InChI is InChI=1S/C25H28N2O6/c1-32-20-9-5-18(6-10-20)23(29)21-22(17-3-7-19(28)8-4-17)27(25(31)24(21)30)12-2-11-26-13-15-33-16-14-26/h3-10,22,28-29H,2,11-16H2,1H3/t22-/m1/s1. The molecule has 0 bridgehead atoms. The topological polar surface area (TPSA) is 99.5 Å². The van der Waals surface area contributed by atoms with Crippen LogP contribution in [-0.4, -0.2) is 78.2 Å². The number of hydrogen-bond donors (Lipinski definition) is 2. The number of phenolic OH excluding ortho intramolecular Hbond substituents is 1. The SMILES string of the molecule is COc1ccc(C(O)=C2C(=O)C(=O)N(CCCN3CCOCC3)[C@@H]2c2ccc(O)cc2)cc1. The molecule has 174 valence electrons. The first-order valence-corrected chi connectivity index (χ1v) is 11.0. The molecule has 0 unspecified atom stereocenters. The summed E-state index contributed by atoms with van der Waals surface area (Å²) < 4.78 is 10.5. The zero-order valence-electron chi connectivity index (χ0n) is 18.6. The second-order valence-corrected chi connectivity index (χ2v) is 8.12. The van der Waals surface area contributed by atoms with E-state index in [1.54, 1.807) is 43.5 Å². The van der Waals surface area contributed by atoms with Gasteiger partial charge in [-0.25, -0.2) is 0 Å². The number of ether oxygens (including phenoxy) is 2. The van der Waals surface area contributed by atoms with Gasteiger partial charge < -0.3 is 24.6 Å². The van der Waals surface area contributed by atoms with E-state index in [9.17, 15) is 19.8 Å². The molecule has 2 aromatic rings. The average Bonchev–Trinajstić information content (AvgIpc) is 3.10. The van der Waals surface area contributed by atoms with Crippen LogP contribution in [0.1, 0.15) is 23.6 Å². The minimum Gasteiger partial charge on any atom is -0.508 e. The maximum Gasteiger partial charge on any atom is 0.295 e. The molecule has 4 rings (SSSR count). The molecule has 2 N–H and O–H groups in total. The third-order valence-corrected chi connectivity index (χ3v) is 6.09. The Kier molecular flexibility index (Phi) is 6.96. The summed E-state index contributed by atoms with van der Waals surface area (Å²) >= 11 is 0. The van der Waals surface area contributed by atoms with Gasteiger partial charge in [0.1, 0.15) is 17.3 Å². The van der Waals surface area contributed by atoms with Crippen LogP contribution in [0.4, 0.5) is 0 Å². The van der Waals surface area contributed by atoms with E-state index in [0.717, 1.165) is 19.6 Å². The molecule has 33 heavy (non-hydrogen) atoms. The third kappa shape index (κ3) is 4.86. The van der Waals surface area contributed by atoms with Gasteiger partial charge in [0, 0.05) is 31.7 Å². The Balaban J connectivity index is 1.65. The molecule has 1 atom stereocenters. The molecule has 2 heterocycles. The van der Waals surface area contributed by atoms with Crippen LogP contribution in [0.25, 0.3) is 5.76 Å². The van der Waals surface area contributed by atoms with E-state index in [1.807, 2.05) is 0 Å². The van der Waals surface area contributed by atoms with Crippen molar-refractivity contribution in [2.24, 2.45) is 0 Å². The van der Waals surface area contributed by atoms with E-state index in [0.29, 0.717) is 43.1 Å². The van der Waals surface area contributed by atoms with Gasteiger partial charge in [-0.2, -0.15) is 0 Å². The number of likely N-dealkylation sites (tertiary alicyclic amines) is 1. The van der Waals surface area contributed by atoms with Crippen molar-refractivity contribution in [2.45, 2.75) is 12.5 Å². The molecule has 2 aliphatic rings. The highest BCUT2D eigenvalue weighted by molar-refractivity contribution is 6.46. The van der Waals surface area contributed by atoms with Crippen molar-refractivity contribution >= 4 is 17.4 Å². The second kappa shape index (κ2) is 10.1. The fourth-order valence-corrected chi connectivity index (χ4v) is 4.31. The normalized spacial score (nSPS) is 20.9. The Morgan fingerprint density at radius 1 is 1.03 bits per heavy atom.